The number of halogens is 1. The Morgan fingerprint density at radius 3 is 2.52 bits per heavy atom. The van der Waals surface area contributed by atoms with E-state index in [0.717, 1.165) is 17.5 Å². The predicted octanol–water partition coefficient (Wildman–Crippen LogP) is 1.60. The van der Waals surface area contributed by atoms with E-state index < -0.39 is 11.4 Å². The summed E-state index contributed by atoms with van der Waals surface area (Å²) in [6.45, 7) is 2.10. The van der Waals surface area contributed by atoms with E-state index in [4.69, 9.17) is 4.74 Å². The molecule has 0 N–H and O–H groups in total. The number of fused-ring (bicyclic) bond motifs is 2. The molecule has 2 amide bonds. The van der Waals surface area contributed by atoms with Crippen LogP contribution in [0.1, 0.15) is 27.9 Å². The van der Waals surface area contributed by atoms with Crippen LogP contribution in [0.15, 0.2) is 35.3 Å². The van der Waals surface area contributed by atoms with Crippen LogP contribution >= 0.6 is 0 Å². The highest BCUT2D eigenvalue weighted by atomic mass is 19.1. The van der Waals surface area contributed by atoms with Crippen LogP contribution in [0.25, 0.3) is 5.69 Å². The van der Waals surface area contributed by atoms with E-state index in [9.17, 15) is 18.8 Å². The van der Waals surface area contributed by atoms with Gasteiger partial charge in [-0.05, 0) is 60.1 Å². The van der Waals surface area contributed by atoms with Crippen molar-refractivity contribution in [1.29, 1.82) is 0 Å². The summed E-state index contributed by atoms with van der Waals surface area (Å²) in [4.78, 5) is 42.7. The summed E-state index contributed by atoms with van der Waals surface area (Å²) in [6, 6.07) is 5.59. The molecular formula is C23H24FN3O4. The first-order valence-corrected chi connectivity index (χ1v) is 10.6. The van der Waals surface area contributed by atoms with Crippen LogP contribution in [0.5, 0.6) is 0 Å². The molecule has 0 bridgehead atoms. The van der Waals surface area contributed by atoms with Crippen LogP contribution in [0.4, 0.5) is 4.39 Å². The van der Waals surface area contributed by atoms with Crippen molar-refractivity contribution in [2.75, 3.05) is 33.4 Å². The second kappa shape index (κ2) is 7.60. The number of amides is 2. The molecule has 2 aliphatic heterocycles. The van der Waals surface area contributed by atoms with Gasteiger partial charge >= 0.3 is 0 Å². The number of carbonyl (C=O) groups is 2. The van der Waals surface area contributed by atoms with Gasteiger partial charge in [0, 0.05) is 45.2 Å². The lowest BCUT2D eigenvalue weighted by Crippen LogP contribution is -2.43. The minimum atomic E-state index is -0.404. The van der Waals surface area contributed by atoms with Crippen LogP contribution in [-0.4, -0.2) is 59.5 Å². The normalized spacial score (nSPS) is 21.6. The molecule has 0 spiro atoms. The first-order chi connectivity index (χ1) is 15.0. The molecule has 2 atom stereocenters. The molecule has 0 radical (unpaired) electrons. The van der Waals surface area contributed by atoms with Crippen molar-refractivity contribution < 1.29 is 18.7 Å². The zero-order chi connectivity index (χ0) is 21.7. The molecule has 0 unspecified atom stereocenters. The predicted molar refractivity (Wildman–Crippen MR) is 110 cm³/mol. The summed E-state index contributed by atoms with van der Waals surface area (Å²) in [5.74, 6) is 0.343. The van der Waals surface area contributed by atoms with Gasteiger partial charge in [0.15, 0.2) is 0 Å². The molecule has 162 valence electrons. The van der Waals surface area contributed by atoms with Gasteiger partial charge in [-0.3, -0.25) is 19.0 Å². The van der Waals surface area contributed by atoms with Gasteiger partial charge in [0.1, 0.15) is 18.0 Å². The van der Waals surface area contributed by atoms with Gasteiger partial charge < -0.3 is 14.5 Å². The van der Waals surface area contributed by atoms with E-state index in [-0.39, 0.29) is 24.0 Å². The zero-order valence-electron chi connectivity index (χ0n) is 17.3. The lowest BCUT2D eigenvalue weighted by atomic mass is 9.95. The van der Waals surface area contributed by atoms with Crippen molar-refractivity contribution in [1.82, 2.24) is 14.4 Å². The number of methoxy groups -OCH3 is 1. The van der Waals surface area contributed by atoms with Gasteiger partial charge in [-0.2, -0.15) is 0 Å². The summed E-state index contributed by atoms with van der Waals surface area (Å²) in [5, 5.41) is 0. The number of pyridine rings is 1. The zero-order valence-corrected chi connectivity index (χ0v) is 17.3. The third-order valence-electron chi connectivity index (χ3n) is 6.61. The number of carbonyl (C=O) groups excluding carboxylic acids is 2. The van der Waals surface area contributed by atoms with Gasteiger partial charge in [0.2, 0.25) is 5.91 Å². The maximum atomic E-state index is 13.5. The number of ether oxygens (including phenoxy) is 1. The van der Waals surface area contributed by atoms with E-state index in [1.807, 2.05) is 0 Å². The van der Waals surface area contributed by atoms with Crippen molar-refractivity contribution in [2.45, 2.75) is 19.4 Å². The Kier molecular flexibility index (Phi) is 4.89. The largest absolute Gasteiger partial charge is 0.375 e. The lowest BCUT2D eigenvalue weighted by Gasteiger charge is -2.31. The highest BCUT2D eigenvalue weighted by Crippen LogP contribution is 2.45. The van der Waals surface area contributed by atoms with Crippen molar-refractivity contribution >= 4 is 11.8 Å². The molecule has 2 aromatic rings. The quantitative estimate of drug-likeness (QED) is 0.746. The highest BCUT2D eigenvalue weighted by molar-refractivity contribution is 5.96. The molecule has 1 saturated carbocycles. The van der Waals surface area contributed by atoms with E-state index in [1.165, 1.54) is 35.9 Å². The molecule has 2 fully saturated rings. The minimum absolute atomic E-state index is 0.0186. The van der Waals surface area contributed by atoms with Gasteiger partial charge in [0.25, 0.3) is 11.5 Å². The van der Waals surface area contributed by atoms with Crippen molar-refractivity contribution in [2.24, 2.45) is 11.8 Å². The minimum Gasteiger partial charge on any atom is -0.375 e. The summed E-state index contributed by atoms with van der Waals surface area (Å²) in [5.41, 5.74) is 1.74. The van der Waals surface area contributed by atoms with E-state index >= 15 is 0 Å². The number of aromatic nitrogens is 1. The van der Waals surface area contributed by atoms with Gasteiger partial charge in [-0.1, -0.05) is 0 Å². The van der Waals surface area contributed by atoms with Crippen LogP contribution in [0.3, 0.4) is 0 Å². The molecule has 1 saturated heterocycles. The smallest absolute Gasteiger partial charge is 0.268 e. The number of nitrogens with zero attached hydrogens (tertiary/aromatic N) is 3. The Morgan fingerprint density at radius 1 is 1.13 bits per heavy atom. The third-order valence-corrected chi connectivity index (χ3v) is 6.61. The summed E-state index contributed by atoms with van der Waals surface area (Å²) < 4.78 is 19.8. The number of rotatable bonds is 4. The molecule has 31 heavy (non-hydrogen) atoms. The summed E-state index contributed by atoms with van der Waals surface area (Å²) in [7, 11) is 1.47. The van der Waals surface area contributed by atoms with Gasteiger partial charge in [-0.25, -0.2) is 4.39 Å². The topological polar surface area (TPSA) is 71.8 Å². The Hall–Kier alpha value is -3.00. The number of likely N-dealkylation sites (tertiary alicyclic amines) is 1. The monoisotopic (exact) mass is 425 g/mol. The molecule has 1 aliphatic carbocycles. The second-order valence-electron chi connectivity index (χ2n) is 8.62. The molecule has 1 aromatic heterocycles. The van der Waals surface area contributed by atoms with E-state index in [0.29, 0.717) is 50.1 Å². The standard InChI is InChI=1S/C23H24FN3O4/c1-31-13-20(28)25-7-6-19-16(11-25)12-27(18-4-2-17(24)3-5-18)23(30)21(19)22(29)26-9-14-8-15(14)10-26/h2-5,12,14-15H,6-11,13H2,1H3/t14-,15+. The van der Waals surface area contributed by atoms with Crippen molar-refractivity contribution in [3.8, 4) is 5.69 Å². The van der Waals surface area contributed by atoms with Crippen molar-refractivity contribution in [3.63, 3.8) is 0 Å². The number of piperidine rings is 1. The second-order valence-corrected chi connectivity index (χ2v) is 8.62. The lowest BCUT2D eigenvalue weighted by molar-refractivity contribution is -0.136. The van der Waals surface area contributed by atoms with Crippen LogP contribution < -0.4 is 5.56 Å². The first-order valence-electron chi connectivity index (χ1n) is 10.6. The average Bonchev–Trinajstić information content (AvgIpc) is 3.38. The fraction of sp³-hybridized carbons (Fsp3) is 0.435. The Morgan fingerprint density at radius 2 is 1.84 bits per heavy atom. The van der Waals surface area contributed by atoms with Crippen LogP contribution in [0, 0.1) is 17.7 Å². The SMILES string of the molecule is COCC(=O)N1CCc2c(cn(-c3ccc(F)cc3)c(=O)c2C(=O)N2C[C@H]3C[C@H]3C2)C1. The van der Waals surface area contributed by atoms with E-state index in [1.54, 1.807) is 16.0 Å². The van der Waals surface area contributed by atoms with Crippen LogP contribution in [-0.2, 0) is 22.5 Å². The number of benzene rings is 1. The first kappa shape index (κ1) is 19.9. The molecule has 3 heterocycles. The fourth-order valence-electron chi connectivity index (χ4n) is 4.82. The molecule has 5 rings (SSSR count). The summed E-state index contributed by atoms with van der Waals surface area (Å²) in [6.07, 6.45) is 3.27. The maximum Gasteiger partial charge on any atom is 0.268 e. The maximum absolute atomic E-state index is 13.5. The van der Waals surface area contributed by atoms with Gasteiger partial charge in [0.05, 0.1) is 0 Å². The van der Waals surface area contributed by atoms with Crippen molar-refractivity contribution in [3.05, 3.63) is 63.3 Å². The number of hydrogen-bond acceptors (Lipinski definition) is 4. The van der Waals surface area contributed by atoms with Gasteiger partial charge in [-0.15, -0.1) is 0 Å². The average molecular weight is 425 g/mol. The van der Waals surface area contributed by atoms with E-state index in [2.05, 4.69) is 0 Å². The molecule has 3 aliphatic rings. The Bertz CT molecular complexity index is 1100. The van der Waals surface area contributed by atoms with Crippen LogP contribution in [0.2, 0.25) is 0 Å². The molecule has 8 heteroatoms. The Balaban J connectivity index is 1.59. The third kappa shape index (κ3) is 3.54. The molecule has 7 nitrogen and oxygen atoms in total. The highest BCUT2D eigenvalue weighted by Gasteiger charge is 2.47. The number of hydrogen-bond donors (Lipinski definition) is 0. The molecule has 1 aromatic carbocycles. The Labute approximate surface area is 179 Å². The summed E-state index contributed by atoms with van der Waals surface area (Å²) >= 11 is 0. The fourth-order valence-corrected chi connectivity index (χ4v) is 4.82. The molecular weight excluding hydrogens is 401 g/mol.